The van der Waals surface area contributed by atoms with Crippen LogP contribution in [0.25, 0.3) is 0 Å². The summed E-state index contributed by atoms with van der Waals surface area (Å²) in [6, 6.07) is 5.28. The zero-order chi connectivity index (χ0) is 11.5. The summed E-state index contributed by atoms with van der Waals surface area (Å²) in [4.78, 5) is 7.00. The Morgan fingerprint density at radius 3 is 2.88 bits per heavy atom. The van der Waals surface area contributed by atoms with E-state index in [4.69, 9.17) is 0 Å². The van der Waals surface area contributed by atoms with Crippen molar-refractivity contribution in [2.24, 2.45) is 0 Å². The van der Waals surface area contributed by atoms with Crippen molar-refractivity contribution < 1.29 is 0 Å². The highest BCUT2D eigenvalue weighted by Gasteiger charge is 2.30. The minimum absolute atomic E-state index is 0.358. The second-order valence-electron chi connectivity index (χ2n) is 4.44. The van der Waals surface area contributed by atoms with E-state index < -0.39 is 0 Å². The van der Waals surface area contributed by atoms with Gasteiger partial charge in [-0.25, -0.2) is 4.98 Å². The fraction of sp³-hybridized carbons (Fsp3) is 0.615. The summed E-state index contributed by atoms with van der Waals surface area (Å²) < 4.78 is 0. The third kappa shape index (κ3) is 2.19. The Morgan fingerprint density at radius 1 is 1.56 bits per heavy atom. The Bertz CT molecular complexity index is 347. The van der Waals surface area contributed by atoms with Crippen LogP contribution in [0, 0.1) is 0 Å². The summed E-state index contributed by atoms with van der Waals surface area (Å²) in [5, 5.41) is 3.29. The largest absolute Gasteiger partial charge is 0.354 e. The highest BCUT2D eigenvalue weighted by molar-refractivity contribution is 5.50. The number of nitrogens with zero attached hydrogens (tertiary/aromatic N) is 2. The molecule has 1 saturated carbocycles. The molecule has 1 aromatic heterocycles. The predicted molar refractivity (Wildman–Crippen MR) is 67.8 cm³/mol. The van der Waals surface area contributed by atoms with Crippen molar-refractivity contribution in [1.29, 1.82) is 0 Å². The van der Waals surface area contributed by atoms with E-state index in [2.05, 4.69) is 35.1 Å². The average molecular weight is 219 g/mol. The predicted octanol–water partition coefficient (Wildman–Crippen LogP) is 2.35. The van der Waals surface area contributed by atoms with Crippen molar-refractivity contribution in [3.63, 3.8) is 0 Å². The molecule has 3 nitrogen and oxygen atoms in total. The molecule has 0 amide bonds. The fourth-order valence-corrected chi connectivity index (χ4v) is 2.11. The van der Waals surface area contributed by atoms with Crippen molar-refractivity contribution >= 4 is 5.82 Å². The molecule has 1 N–H and O–H groups in total. The smallest absolute Gasteiger partial charge is 0.133 e. The Hall–Kier alpha value is -1.09. The third-order valence-corrected chi connectivity index (χ3v) is 3.32. The first kappa shape index (κ1) is 11.4. The van der Waals surface area contributed by atoms with Crippen molar-refractivity contribution in [3.8, 4) is 0 Å². The van der Waals surface area contributed by atoms with Crippen LogP contribution in [0.4, 0.5) is 5.82 Å². The van der Waals surface area contributed by atoms with Gasteiger partial charge in [0.25, 0.3) is 0 Å². The van der Waals surface area contributed by atoms with Crippen LogP contribution in [0.15, 0.2) is 18.3 Å². The van der Waals surface area contributed by atoms with E-state index in [0.29, 0.717) is 6.04 Å². The summed E-state index contributed by atoms with van der Waals surface area (Å²) in [6.45, 7) is 5.44. The maximum atomic E-state index is 4.57. The molecule has 0 saturated heterocycles. The lowest BCUT2D eigenvalue weighted by molar-refractivity contribution is 0.642. The van der Waals surface area contributed by atoms with E-state index in [0.717, 1.165) is 18.4 Å². The van der Waals surface area contributed by atoms with Gasteiger partial charge in [0.15, 0.2) is 0 Å². The molecule has 1 atom stereocenters. The van der Waals surface area contributed by atoms with E-state index in [1.807, 2.05) is 19.3 Å². The van der Waals surface area contributed by atoms with Crippen molar-refractivity contribution in [3.05, 3.63) is 23.9 Å². The molecule has 1 aromatic rings. The van der Waals surface area contributed by atoms with Gasteiger partial charge >= 0.3 is 0 Å². The van der Waals surface area contributed by atoms with E-state index in [9.17, 15) is 0 Å². The fourth-order valence-electron chi connectivity index (χ4n) is 2.11. The molecule has 0 spiro atoms. The number of hydrogen-bond acceptors (Lipinski definition) is 3. The summed E-state index contributed by atoms with van der Waals surface area (Å²) in [5.41, 5.74) is 1.30. The van der Waals surface area contributed by atoms with Gasteiger partial charge in [0.05, 0.1) is 0 Å². The van der Waals surface area contributed by atoms with Gasteiger partial charge in [-0.05, 0) is 39.8 Å². The molecule has 1 unspecified atom stereocenters. The minimum Gasteiger partial charge on any atom is -0.354 e. The molecule has 1 aliphatic rings. The zero-order valence-electron chi connectivity index (χ0n) is 10.4. The Kier molecular flexibility index (Phi) is 3.44. The van der Waals surface area contributed by atoms with E-state index in [1.165, 1.54) is 18.4 Å². The number of rotatable bonds is 5. The highest BCUT2D eigenvalue weighted by Crippen LogP contribution is 2.33. The topological polar surface area (TPSA) is 28.2 Å². The maximum Gasteiger partial charge on any atom is 0.133 e. The SMILES string of the molecule is CCN(c1ncccc1C(C)NC)C1CC1. The summed E-state index contributed by atoms with van der Waals surface area (Å²) in [7, 11) is 1.99. The number of pyridine rings is 1. The van der Waals surface area contributed by atoms with Crippen LogP contribution in [0.1, 0.15) is 38.3 Å². The number of nitrogens with one attached hydrogen (secondary N) is 1. The minimum atomic E-state index is 0.358. The highest BCUT2D eigenvalue weighted by atomic mass is 15.2. The lowest BCUT2D eigenvalue weighted by Crippen LogP contribution is -2.28. The molecule has 0 bridgehead atoms. The molecule has 16 heavy (non-hydrogen) atoms. The maximum absolute atomic E-state index is 4.57. The van der Waals surface area contributed by atoms with Gasteiger partial charge in [0.2, 0.25) is 0 Å². The normalized spacial score (nSPS) is 17.2. The average Bonchev–Trinajstić information content (AvgIpc) is 3.14. The van der Waals surface area contributed by atoms with E-state index >= 15 is 0 Å². The molecular weight excluding hydrogens is 198 g/mol. The second-order valence-corrected chi connectivity index (χ2v) is 4.44. The summed E-state index contributed by atoms with van der Waals surface area (Å²) >= 11 is 0. The van der Waals surface area contributed by atoms with Gasteiger partial charge in [-0.2, -0.15) is 0 Å². The van der Waals surface area contributed by atoms with Gasteiger partial charge < -0.3 is 10.2 Å². The van der Waals surface area contributed by atoms with Crippen LogP contribution in [0.5, 0.6) is 0 Å². The molecule has 2 rings (SSSR count). The van der Waals surface area contributed by atoms with Gasteiger partial charge in [-0.3, -0.25) is 0 Å². The van der Waals surface area contributed by atoms with Crippen LogP contribution in [-0.4, -0.2) is 24.6 Å². The van der Waals surface area contributed by atoms with E-state index in [1.54, 1.807) is 0 Å². The lowest BCUT2D eigenvalue weighted by Gasteiger charge is -2.26. The second kappa shape index (κ2) is 4.83. The van der Waals surface area contributed by atoms with Crippen LogP contribution in [0.3, 0.4) is 0 Å². The van der Waals surface area contributed by atoms with E-state index in [-0.39, 0.29) is 0 Å². The molecule has 88 valence electrons. The van der Waals surface area contributed by atoms with Crippen molar-refractivity contribution in [1.82, 2.24) is 10.3 Å². The summed E-state index contributed by atoms with van der Waals surface area (Å²) in [6.07, 6.45) is 4.53. The van der Waals surface area contributed by atoms with Crippen LogP contribution in [-0.2, 0) is 0 Å². The lowest BCUT2D eigenvalue weighted by atomic mass is 10.1. The third-order valence-electron chi connectivity index (χ3n) is 3.32. The van der Waals surface area contributed by atoms with Gasteiger partial charge in [0, 0.05) is 30.4 Å². The molecule has 0 radical (unpaired) electrons. The number of anilines is 1. The zero-order valence-corrected chi connectivity index (χ0v) is 10.4. The molecule has 0 aliphatic heterocycles. The van der Waals surface area contributed by atoms with Gasteiger partial charge in [-0.1, -0.05) is 6.07 Å². The van der Waals surface area contributed by atoms with Crippen LogP contribution in [0.2, 0.25) is 0 Å². The van der Waals surface area contributed by atoms with Gasteiger partial charge in [-0.15, -0.1) is 0 Å². The van der Waals surface area contributed by atoms with Crippen LogP contribution < -0.4 is 10.2 Å². The molecule has 1 fully saturated rings. The summed E-state index contributed by atoms with van der Waals surface area (Å²) in [5.74, 6) is 1.16. The first-order valence-electron chi connectivity index (χ1n) is 6.16. The number of aromatic nitrogens is 1. The Labute approximate surface area is 97.9 Å². The standard InChI is InChI=1S/C13H21N3/c1-4-16(11-7-8-11)13-12(10(2)14-3)6-5-9-15-13/h5-6,9-11,14H,4,7-8H2,1-3H3. The molecule has 1 aliphatic carbocycles. The van der Waals surface area contributed by atoms with Crippen molar-refractivity contribution in [2.45, 2.75) is 38.8 Å². The van der Waals surface area contributed by atoms with Crippen LogP contribution >= 0.6 is 0 Å². The first-order valence-corrected chi connectivity index (χ1v) is 6.16. The number of hydrogen-bond donors (Lipinski definition) is 1. The Balaban J connectivity index is 2.30. The Morgan fingerprint density at radius 2 is 2.31 bits per heavy atom. The molecule has 3 heteroatoms. The monoisotopic (exact) mass is 219 g/mol. The quantitative estimate of drug-likeness (QED) is 0.824. The molecule has 1 heterocycles. The molecule has 0 aromatic carbocycles. The molecular formula is C13H21N3. The van der Waals surface area contributed by atoms with Crippen molar-refractivity contribution in [2.75, 3.05) is 18.5 Å². The first-order chi connectivity index (χ1) is 7.77. The van der Waals surface area contributed by atoms with Gasteiger partial charge in [0.1, 0.15) is 5.82 Å².